The van der Waals surface area contributed by atoms with Gasteiger partial charge in [0.05, 0.1) is 16.8 Å². The molecule has 0 radical (unpaired) electrons. The van der Waals surface area contributed by atoms with E-state index in [1.807, 2.05) is 30.3 Å². The van der Waals surface area contributed by atoms with Crippen LogP contribution in [0.25, 0.3) is 0 Å². The summed E-state index contributed by atoms with van der Waals surface area (Å²) in [7, 11) is 0. The number of aliphatic hydroxyl groups is 1. The van der Waals surface area contributed by atoms with Gasteiger partial charge in [0.2, 0.25) is 0 Å². The first kappa shape index (κ1) is 22.2. The lowest BCUT2D eigenvalue weighted by atomic mass is 9.81. The minimum atomic E-state index is -0.0482. The summed E-state index contributed by atoms with van der Waals surface area (Å²) < 4.78 is 5.54. The maximum Gasteiger partial charge on any atom is 0.168 e. The lowest BCUT2D eigenvalue weighted by molar-refractivity contribution is -0.115. The van der Waals surface area contributed by atoms with E-state index in [1.54, 1.807) is 0 Å². The summed E-state index contributed by atoms with van der Waals surface area (Å²) in [5.74, 6) is 0.737. The Bertz CT molecular complexity index is 1050. The number of aromatic nitrogens is 1. The van der Waals surface area contributed by atoms with E-state index >= 15 is 0 Å². The van der Waals surface area contributed by atoms with E-state index in [0.717, 1.165) is 30.5 Å². The van der Waals surface area contributed by atoms with E-state index in [1.165, 1.54) is 0 Å². The fourth-order valence-electron chi connectivity index (χ4n) is 4.62. The summed E-state index contributed by atoms with van der Waals surface area (Å²) in [6.07, 6.45) is 5.57. The minimum Gasteiger partial charge on any atom is -0.511 e. The van der Waals surface area contributed by atoms with Gasteiger partial charge in [-0.05, 0) is 30.7 Å². The standard InChI is InChI=1S/C26H30N2O4/c1-2-3-14-27-19-10-7-11-21(29)25(19)22(30)13-12-20-26-23(31)15-18(16-24(26)32-28-20)17-8-5-4-6-9-17/h4-6,8-9,18,30H,2-3,7,10-16H2,1H3/b25-22-,27-19?. The van der Waals surface area contributed by atoms with Crippen LogP contribution in [0.5, 0.6) is 0 Å². The molecule has 1 N–H and O–H groups in total. The molecule has 1 heterocycles. The van der Waals surface area contributed by atoms with Crippen molar-refractivity contribution in [3.63, 3.8) is 0 Å². The van der Waals surface area contributed by atoms with Gasteiger partial charge in [-0.1, -0.05) is 48.8 Å². The Morgan fingerprint density at radius 2 is 1.97 bits per heavy atom. The van der Waals surface area contributed by atoms with Crippen LogP contribution in [0.1, 0.15) is 85.2 Å². The van der Waals surface area contributed by atoms with E-state index in [-0.39, 0.29) is 29.7 Å². The highest BCUT2D eigenvalue weighted by Crippen LogP contribution is 2.35. The molecule has 1 fully saturated rings. The summed E-state index contributed by atoms with van der Waals surface area (Å²) in [6, 6.07) is 9.98. The highest BCUT2D eigenvalue weighted by molar-refractivity contribution is 6.24. The SMILES string of the molecule is CCCCN=C1CCCC(=O)/C1=C(\O)CCc1noc2c1C(=O)CC(c1ccccc1)C2. The zero-order valence-electron chi connectivity index (χ0n) is 18.6. The molecule has 0 amide bonds. The molecule has 0 spiro atoms. The third kappa shape index (κ3) is 4.74. The molecule has 0 bridgehead atoms. The fourth-order valence-corrected chi connectivity index (χ4v) is 4.62. The van der Waals surface area contributed by atoms with Gasteiger partial charge in [0.25, 0.3) is 0 Å². The molecule has 2 aromatic rings. The molecule has 0 saturated heterocycles. The Morgan fingerprint density at radius 1 is 1.16 bits per heavy atom. The van der Waals surface area contributed by atoms with Crippen LogP contribution >= 0.6 is 0 Å². The smallest absolute Gasteiger partial charge is 0.168 e. The molecule has 6 heteroatoms. The van der Waals surface area contributed by atoms with Gasteiger partial charge in [0.15, 0.2) is 11.6 Å². The van der Waals surface area contributed by atoms with Crippen LogP contribution < -0.4 is 0 Å². The van der Waals surface area contributed by atoms with Gasteiger partial charge >= 0.3 is 0 Å². The van der Waals surface area contributed by atoms with E-state index < -0.39 is 0 Å². The number of carbonyl (C=O) groups is 2. The molecule has 1 unspecified atom stereocenters. The number of fused-ring (bicyclic) bond motifs is 1. The largest absolute Gasteiger partial charge is 0.511 e. The number of nitrogens with zero attached hydrogens (tertiary/aromatic N) is 2. The van der Waals surface area contributed by atoms with Crippen LogP contribution in [0.4, 0.5) is 0 Å². The van der Waals surface area contributed by atoms with E-state index in [2.05, 4.69) is 17.1 Å². The average Bonchev–Trinajstić information content (AvgIpc) is 3.22. The third-order valence-corrected chi connectivity index (χ3v) is 6.33. The Balaban J connectivity index is 1.50. The molecule has 4 rings (SSSR count). The second-order valence-electron chi connectivity index (χ2n) is 8.65. The van der Waals surface area contributed by atoms with Gasteiger partial charge in [0, 0.05) is 44.4 Å². The number of carbonyl (C=O) groups excluding carboxylic acids is 2. The number of benzene rings is 1. The van der Waals surface area contributed by atoms with Crippen molar-refractivity contribution >= 4 is 17.3 Å². The van der Waals surface area contributed by atoms with E-state index in [9.17, 15) is 14.7 Å². The number of hydrogen-bond donors (Lipinski definition) is 1. The number of rotatable bonds is 7. The zero-order chi connectivity index (χ0) is 22.5. The first-order valence-corrected chi connectivity index (χ1v) is 11.6. The monoisotopic (exact) mass is 434 g/mol. The molecule has 1 saturated carbocycles. The molecule has 1 atom stereocenters. The van der Waals surface area contributed by atoms with Crippen molar-refractivity contribution in [2.45, 2.75) is 70.6 Å². The topological polar surface area (TPSA) is 92.8 Å². The second kappa shape index (κ2) is 10.1. The number of aliphatic imine (C=N–C) groups is 1. The van der Waals surface area contributed by atoms with Gasteiger partial charge < -0.3 is 9.63 Å². The molecule has 2 aliphatic rings. The van der Waals surface area contributed by atoms with Crippen molar-refractivity contribution in [2.75, 3.05) is 6.54 Å². The summed E-state index contributed by atoms with van der Waals surface area (Å²) >= 11 is 0. The molecular formula is C26H30N2O4. The van der Waals surface area contributed by atoms with Crippen LogP contribution in [-0.4, -0.2) is 34.1 Å². The molecule has 1 aromatic carbocycles. The quantitative estimate of drug-likeness (QED) is 0.361. The molecule has 6 nitrogen and oxygen atoms in total. The van der Waals surface area contributed by atoms with Gasteiger partial charge in [-0.3, -0.25) is 14.6 Å². The molecule has 32 heavy (non-hydrogen) atoms. The van der Waals surface area contributed by atoms with Gasteiger partial charge in [-0.2, -0.15) is 0 Å². The van der Waals surface area contributed by atoms with Crippen LogP contribution in [-0.2, 0) is 17.6 Å². The maximum absolute atomic E-state index is 12.9. The summed E-state index contributed by atoms with van der Waals surface area (Å²) in [5, 5.41) is 14.9. The zero-order valence-corrected chi connectivity index (χ0v) is 18.6. The first-order chi connectivity index (χ1) is 15.6. The van der Waals surface area contributed by atoms with Crippen molar-refractivity contribution in [2.24, 2.45) is 4.99 Å². The van der Waals surface area contributed by atoms with E-state index in [4.69, 9.17) is 4.52 Å². The average molecular weight is 435 g/mol. The fraction of sp³-hybridized carbons (Fsp3) is 0.462. The predicted octanol–water partition coefficient (Wildman–Crippen LogP) is 5.33. The van der Waals surface area contributed by atoms with Gasteiger partial charge in [0.1, 0.15) is 11.5 Å². The highest BCUT2D eigenvalue weighted by Gasteiger charge is 2.33. The number of hydrogen-bond acceptors (Lipinski definition) is 6. The number of ketones is 2. The second-order valence-corrected chi connectivity index (χ2v) is 8.65. The van der Waals surface area contributed by atoms with Crippen molar-refractivity contribution in [1.82, 2.24) is 5.16 Å². The lowest BCUT2D eigenvalue weighted by Crippen LogP contribution is -2.22. The van der Waals surface area contributed by atoms with Crippen molar-refractivity contribution in [3.8, 4) is 0 Å². The molecule has 168 valence electrons. The third-order valence-electron chi connectivity index (χ3n) is 6.33. The Hall–Kier alpha value is -3.02. The Kier molecular flexibility index (Phi) is 6.98. The van der Waals surface area contributed by atoms with Gasteiger partial charge in [-0.25, -0.2) is 0 Å². The normalized spacial score (nSPS) is 21.7. The maximum atomic E-state index is 12.9. The van der Waals surface area contributed by atoms with Crippen LogP contribution in [0.3, 0.4) is 0 Å². The number of allylic oxidation sites excluding steroid dienone is 2. The van der Waals surface area contributed by atoms with Crippen molar-refractivity contribution in [3.05, 3.63) is 64.2 Å². The molecule has 0 aliphatic heterocycles. The minimum absolute atomic E-state index is 0.0269. The summed E-state index contributed by atoms with van der Waals surface area (Å²) in [5.41, 5.74) is 3.34. The molecular weight excluding hydrogens is 404 g/mol. The van der Waals surface area contributed by atoms with Crippen molar-refractivity contribution in [1.29, 1.82) is 0 Å². The Morgan fingerprint density at radius 3 is 2.75 bits per heavy atom. The van der Waals surface area contributed by atoms with Crippen LogP contribution in [0, 0.1) is 0 Å². The number of Topliss-reactive ketones (excluding diaryl/α,β-unsaturated/α-hetero) is 2. The van der Waals surface area contributed by atoms with Gasteiger partial charge in [-0.15, -0.1) is 0 Å². The summed E-state index contributed by atoms with van der Waals surface area (Å²) in [4.78, 5) is 30.0. The van der Waals surface area contributed by atoms with Crippen LogP contribution in [0.15, 0.2) is 51.2 Å². The van der Waals surface area contributed by atoms with E-state index in [0.29, 0.717) is 61.2 Å². The van der Waals surface area contributed by atoms with Crippen LogP contribution in [0.2, 0.25) is 0 Å². The predicted molar refractivity (Wildman–Crippen MR) is 122 cm³/mol. The number of aryl methyl sites for hydroxylation is 1. The Labute approximate surface area is 188 Å². The van der Waals surface area contributed by atoms with Crippen molar-refractivity contribution < 1.29 is 19.2 Å². The summed E-state index contributed by atoms with van der Waals surface area (Å²) in [6.45, 7) is 2.77. The lowest BCUT2D eigenvalue weighted by Gasteiger charge is -2.20. The highest BCUT2D eigenvalue weighted by atomic mass is 16.5. The molecule has 1 aromatic heterocycles. The number of unbranched alkanes of at least 4 members (excludes halogenated alkanes) is 1. The number of aliphatic hydroxyl groups excluding tert-OH is 1. The first-order valence-electron chi connectivity index (χ1n) is 11.6. The molecule has 2 aliphatic carbocycles.